The molecule has 5 amide bonds. The number of oxazole rings is 2. The van der Waals surface area contributed by atoms with Gasteiger partial charge in [-0.2, -0.15) is 0 Å². The van der Waals surface area contributed by atoms with E-state index < -0.39 is 53.8 Å². The summed E-state index contributed by atoms with van der Waals surface area (Å²) in [6.45, 7) is 5.50. The van der Waals surface area contributed by atoms with Crippen LogP contribution in [0.3, 0.4) is 0 Å². The van der Waals surface area contributed by atoms with Crippen LogP contribution in [0, 0.1) is 5.92 Å². The van der Waals surface area contributed by atoms with Gasteiger partial charge in [0.05, 0.1) is 0 Å². The molecule has 0 unspecified atom stereocenters. The predicted octanol–water partition coefficient (Wildman–Crippen LogP) is 3.18. The molecule has 0 aliphatic carbocycles. The molecule has 53 heavy (non-hydrogen) atoms. The zero-order chi connectivity index (χ0) is 37.8. The summed E-state index contributed by atoms with van der Waals surface area (Å²) in [6.07, 6.45) is 3.04. The minimum atomic E-state index is -1.04. The smallest absolute Gasteiger partial charge is 0.276 e. The van der Waals surface area contributed by atoms with Crippen LogP contribution in [0.1, 0.15) is 94.4 Å². The van der Waals surface area contributed by atoms with Crippen molar-refractivity contribution in [3.05, 3.63) is 101 Å². The lowest BCUT2D eigenvalue weighted by Crippen LogP contribution is -2.48. The highest BCUT2D eigenvalue weighted by atomic mass is 16.3. The minimum absolute atomic E-state index is 0.00801. The number of carbonyl (C=O) groups is 5. The van der Waals surface area contributed by atoms with Crippen molar-refractivity contribution in [3.8, 4) is 0 Å². The third kappa shape index (κ3) is 8.56. The molecule has 4 bridgehead atoms. The number of fused-ring (bicyclic) bond motifs is 5. The summed E-state index contributed by atoms with van der Waals surface area (Å²) in [4.78, 5) is 80.8. The van der Waals surface area contributed by atoms with Gasteiger partial charge in [0.15, 0.2) is 11.4 Å². The van der Waals surface area contributed by atoms with Crippen molar-refractivity contribution in [1.82, 2.24) is 36.1 Å². The first kappa shape index (κ1) is 36.8. The van der Waals surface area contributed by atoms with Crippen LogP contribution in [-0.2, 0) is 16.0 Å². The maximum atomic E-state index is 14.3. The Morgan fingerprint density at radius 2 is 1.62 bits per heavy atom. The Hall–Kier alpha value is -5.99. The van der Waals surface area contributed by atoms with Crippen LogP contribution in [0.4, 0.5) is 5.69 Å². The van der Waals surface area contributed by atoms with E-state index in [9.17, 15) is 24.0 Å². The summed E-state index contributed by atoms with van der Waals surface area (Å²) in [5.41, 5.74) is 1.98. The maximum Gasteiger partial charge on any atom is 0.276 e. The number of nitrogens with zero attached hydrogens (tertiary/aromatic N) is 4. The van der Waals surface area contributed by atoms with Crippen LogP contribution in [0.25, 0.3) is 0 Å². The van der Waals surface area contributed by atoms with Gasteiger partial charge in [0, 0.05) is 44.4 Å². The number of amides is 5. The van der Waals surface area contributed by atoms with Crippen molar-refractivity contribution >= 4 is 35.2 Å². The van der Waals surface area contributed by atoms with E-state index in [-0.39, 0.29) is 54.4 Å². The normalized spacial score (nSPS) is 22.3. The van der Waals surface area contributed by atoms with Gasteiger partial charge in [0.1, 0.15) is 36.7 Å². The molecule has 15 heteroatoms. The standard InChI is InChI=1S/C38H44N8O7/c1-21(2)14-27-33(48)39-22(3)36-44-30(20-52-36)38(51)46-18-25(40-32(47)24-12-9-13-26(16-24)45(4)5)17-31(46)35(50)42-28(15-23-10-7-6-8-11-23)37-43-29(19-53-37)34(49)41-27/h6-13,16,19-22,25,27-28,31H,14-15,17-18H2,1-5H3,(H,39,48)(H,40,47)(H,41,49)(H,42,50)/t22-,25+,27-,28+,31+/m1/s1. The van der Waals surface area contributed by atoms with Crippen molar-refractivity contribution in [1.29, 1.82) is 0 Å². The SMILES string of the molecule is CC(C)C[C@H]1NC(=O)c2coc(n2)[C@H](Cc2ccccc2)NC(=O)[C@@H]2C[C@H](NC(=O)c3cccc(N(C)C)c3)CN2C(=O)c2coc(n2)[C@@H](C)NC1=O. The molecule has 4 N–H and O–H groups in total. The summed E-state index contributed by atoms with van der Waals surface area (Å²) in [7, 11) is 3.75. The second-order valence-corrected chi connectivity index (χ2v) is 14.1. The van der Waals surface area contributed by atoms with E-state index in [1.165, 1.54) is 17.4 Å². The first-order chi connectivity index (χ1) is 25.4. The molecule has 0 saturated carbocycles. The number of aromatic nitrogens is 2. The molecule has 2 aromatic heterocycles. The summed E-state index contributed by atoms with van der Waals surface area (Å²) >= 11 is 0. The molecule has 4 heterocycles. The maximum absolute atomic E-state index is 14.3. The van der Waals surface area contributed by atoms with Crippen molar-refractivity contribution < 1.29 is 32.8 Å². The Bertz CT molecular complexity index is 1970. The third-order valence-corrected chi connectivity index (χ3v) is 9.28. The average molecular weight is 725 g/mol. The summed E-state index contributed by atoms with van der Waals surface area (Å²) in [6, 6.07) is 12.3. The predicted molar refractivity (Wildman–Crippen MR) is 193 cm³/mol. The molecule has 2 aliphatic heterocycles. The van der Waals surface area contributed by atoms with Crippen molar-refractivity contribution in [2.45, 2.75) is 70.2 Å². The highest BCUT2D eigenvalue weighted by Gasteiger charge is 2.43. The fraction of sp³-hybridized carbons (Fsp3) is 0.395. The van der Waals surface area contributed by atoms with Crippen LogP contribution < -0.4 is 26.2 Å². The first-order valence-corrected chi connectivity index (χ1v) is 17.6. The summed E-state index contributed by atoms with van der Waals surface area (Å²) in [5, 5.41) is 11.6. The van der Waals surface area contributed by atoms with Gasteiger partial charge in [0.25, 0.3) is 17.7 Å². The van der Waals surface area contributed by atoms with E-state index in [1.54, 1.807) is 25.1 Å². The van der Waals surface area contributed by atoms with Crippen LogP contribution >= 0.6 is 0 Å². The van der Waals surface area contributed by atoms with Crippen molar-refractivity contribution in [3.63, 3.8) is 0 Å². The Morgan fingerprint density at radius 1 is 0.906 bits per heavy atom. The zero-order valence-corrected chi connectivity index (χ0v) is 30.3. The van der Waals surface area contributed by atoms with Gasteiger partial charge in [-0.05, 0) is 49.4 Å². The van der Waals surface area contributed by atoms with Crippen LogP contribution in [0.5, 0.6) is 0 Å². The van der Waals surface area contributed by atoms with Crippen LogP contribution in [-0.4, -0.2) is 83.2 Å². The lowest BCUT2D eigenvalue weighted by molar-refractivity contribution is -0.126. The monoisotopic (exact) mass is 724 g/mol. The molecule has 2 aliphatic rings. The quantitative estimate of drug-likeness (QED) is 0.220. The van der Waals surface area contributed by atoms with Gasteiger partial charge in [-0.1, -0.05) is 50.2 Å². The van der Waals surface area contributed by atoms with Gasteiger partial charge in [-0.25, -0.2) is 9.97 Å². The van der Waals surface area contributed by atoms with Crippen LogP contribution in [0.2, 0.25) is 0 Å². The molecule has 0 radical (unpaired) electrons. The average Bonchev–Trinajstić information content (AvgIpc) is 3.91. The van der Waals surface area contributed by atoms with Gasteiger partial charge in [0.2, 0.25) is 23.6 Å². The molecule has 6 rings (SSSR count). The van der Waals surface area contributed by atoms with E-state index in [4.69, 9.17) is 8.83 Å². The molecular weight excluding hydrogens is 680 g/mol. The van der Waals surface area contributed by atoms with E-state index in [1.807, 2.05) is 69.2 Å². The van der Waals surface area contributed by atoms with Gasteiger partial charge in [-0.15, -0.1) is 0 Å². The van der Waals surface area contributed by atoms with Gasteiger partial charge in [-0.3, -0.25) is 24.0 Å². The number of benzene rings is 2. The molecule has 278 valence electrons. The number of carbonyl (C=O) groups excluding carboxylic acids is 5. The Labute approximate surface area is 306 Å². The molecule has 1 fully saturated rings. The second kappa shape index (κ2) is 15.7. The van der Waals surface area contributed by atoms with Gasteiger partial charge < -0.3 is 39.9 Å². The molecule has 1 saturated heterocycles. The molecular formula is C38H44N8O7. The number of hydrogen-bond donors (Lipinski definition) is 4. The molecule has 0 spiro atoms. The number of nitrogens with one attached hydrogen (secondary N) is 4. The lowest BCUT2D eigenvalue weighted by atomic mass is 10.0. The number of anilines is 1. The highest BCUT2D eigenvalue weighted by Crippen LogP contribution is 2.26. The highest BCUT2D eigenvalue weighted by molar-refractivity contribution is 5.98. The summed E-state index contributed by atoms with van der Waals surface area (Å²) in [5.74, 6) is -2.38. The molecule has 15 nitrogen and oxygen atoms in total. The van der Waals surface area contributed by atoms with E-state index in [0.717, 1.165) is 11.3 Å². The third-order valence-electron chi connectivity index (χ3n) is 9.28. The largest absolute Gasteiger partial charge is 0.446 e. The minimum Gasteiger partial charge on any atom is -0.446 e. The second-order valence-electron chi connectivity index (χ2n) is 14.1. The van der Waals surface area contributed by atoms with E-state index in [0.29, 0.717) is 12.0 Å². The summed E-state index contributed by atoms with van der Waals surface area (Å²) < 4.78 is 11.4. The van der Waals surface area contributed by atoms with Crippen molar-refractivity contribution in [2.75, 3.05) is 25.5 Å². The molecule has 5 atom stereocenters. The molecule has 2 aromatic carbocycles. The van der Waals surface area contributed by atoms with E-state index >= 15 is 0 Å². The van der Waals surface area contributed by atoms with Crippen LogP contribution in [0.15, 0.2) is 76.0 Å². The Balaban J connectivity index is 1.35. The van der Waals surface area contributed by atoms with Crippen molar-refractivity contribution in [2.24, 2.45) is 5.92 Å². The Kier molecular flexibility index (Phi) is 10.9. The first-order valence-electron chi connectivity index (χ1n) is 17.6. The van der Waals surface area contributed by atoms with Gasteiger partial charge >= 0.3 is 0 Å². The number of hydrogen-bond acceptors (Lipinski definition) is 10. The Morgan fingerprint density at radius 3 is 2.36 bits per heavy atom. The zero-order valence-electron chi connectivity index (χ0n) is 30.3. The fourth-order valence-corrected chi connectivity index (χ4v) is 6.52. The van der Waals surface area contributed by atoms with E-state index in [2.05, 4.69) is 31.2 Å². The lowest BCUT2D eigenvalue weighted by Gasteiger charge is -2.25. The topological polar surface area (TPSA) is 192 Å². The number of rotatable bonds is 7. The molecule has 4 aromatic rings. The fourth-order valence-electron chi connectivity index (χ4n) is 6.52.